The Kier molecular flexibility index (Phi) is 2.65. The van der Waals surface area contributed by atoms with Crippen LogP contribution in [0.1, 0.15) is 25.7 Å². The van der Waals surface area contributed by atoms with Crippen molar-refractivity contribution in [3.05, 3.63) is 6.42 Å². The number of rotatable bonds is 2. The summed E-state index contributed by atoms with van der Waals surface area (Å²) in [5, 5.41) is 8.22. The van der Waals surface area contributed by atoms with Gasteiger partial charge in [-0.15, -0.1) is 0 Å². The Balaban J connectivity index is 2.59. The first-order valence-corrected chi connectivity index (χ1v) is 3.99. The fourth-order valence-electron chi connectivity index (χ4n) is 1.43. The van der Waals surface area contributed by atoms with Gasteiger partial charge in [-0.05, 0) is 19.3 Å². The van der Waals surface area contributed by atoms with Gasteiger partial charge in [-0.25, -0.2) is 4.79 Å². The van der Waals surface area contributed by atoms with Crippen molar-refractivity contribution in [2.24, 2.45) is 5.92 Å². The molecule has 1 atom stereocenters. The van der Waals surface area contributed by atoms with Crippen LogP contribution in [0.25, 0.3) is 0 Å². The van der Waals surface area contributed by atoms with Gasteiger partial charge in [0, 0.05) is 5.92 Å². The summed E-state index contributed by atoms with van der Waals surface area (Å²) in [6, 6.07) is 0. The molecule has 2 nitrogen and oxygen atoms in total. The number of halogens is 2. The van der Waals surface area contributed by atoms with Gasteiger partial charge >= 0.3 is 11.9 Å². The van der Waals surface area contributed by atoms with Crippen LogP contribution < -0.4 is 0 Å². The average molecular weight is 177 g/mol. The van der Waals surface area contributed by atoms with Crippen molar-refractivity contribution in [2.75, 3.05) is 0 Å². The van der Waals surface area contributed by atoms with Crippen LogP contribution in [0, 0.1) is 12.3 Å². The SMILES string of the molecule is O=C(O)C(F)(F)C1[CH]CCCC1. The summed E-state index contributed by atoms with van der Waals surface area (Å²) in [4.78, 5) is 10.2. The molecule has 0 aliphatic heterocycles. The predicted octanol–water partition coefficient (Wildman–Crippen LogP) is 2.10. The smallest absolute Gasteiger partial charge is 0.374 e. The predicted molar refractivity (Wildman–Crippen MR) is 38.8 cm³/mol. The number of carboxylic acid groups (broad SMARTS) is 1. The maximum Gasteiger partial charge on any atom is 0.374 e. The van der Waals surface area contributed by atoms with Crippen molar-refractivity contribution in [1.82, 2.24) is 0 Å². The summed E-state index contributed by atoms with van der Waals surface area (Å²) in [5.41, 5.74) is 0. The molecule has 12 heavy (non-hydrogen) atoms. The van der Waals surface area contributed by atoms with E-state index in [0.717, 1.165) is 6.42 Å². The van der Waals surface area contributed by atoms with Gasteiger partial charge in [0.15, 0.2) is 0 Å². The van der Waals surface area contributed by atoms with Gasteiger partial charge in [-0.2, -0.15) is 8.78 Å². The van der Waals surface area contributed by atoms with Gasteiger partial charge in [0.25, 0.3) is 0 Å². The van der Waals surface area contributed by atoms with Crippen molar-refractivity contribution in [3.8, 4) is 0 Å². The molecular formula is C8H11F2O2. The van der Waals surface area contributed by atoms with E-state index in [1.807, 2.05) is 0 Å². The highest BCUT2D eigenvalue weighted by Crippen LogP contribution is 2.35. The molecule has 69 valence electrons. The molecule has 0 heterocycles. The van der Waals surface area contributed by atoms with Crippen molar-refractivity contribution in [2.45, 2.75) is 31.6 Å². The third-order valence-corrected chi connectivity index (χ3v) is 2.17. The lowest BCUT2D eigenvalue weighted by atomic mass is 9.85. The van der Waals surface area contributed by atoms with Crippen molar-refractivity contribution < 1.29 is 18.7 Å². The second kappa shape index (κ2) is 3.37. The summed E-state index contributed by atoms with van der Waals surface area (Å²) in [6.45, 7) is 0. The van der Waals surface area contributed by atoms with E-state index in [1.165, 1.54) is 6.42 Å². The number of carbonyl (C=O) groups is 1. The topological polar surface area (TPSA) is 37.3 Å². The zero-order valence-electron chi connectivity index (χ0n) is 6.59. The Hall–Kier alpha value is -0.670. The second-order valence-electron chi connectivity index (χ2n) is 3.05. The standard InChI is InChI=1S/C8H11F2O2/c9-8(10,7(11)12)6-4-2-1-3-5-6/h4,6H,1-3,5H2,(H,11,12). The molecule has 1 aliphatic carbocycles. The summed E-state index contributed by atoms with van der Waals surface area (Å²) in [7, 11) is 0. The highest BCUT2D eigenvalue weighted by molar-refractivity contribution is 5.75. The van der Waals surface area contributed by atoms with Crippen LogP contribution in [-0.2, 0) is 4.79 Å². The maximum atomic E-state index is 12.8. The normalized spacial score (nSPS) is 20.8. The summed E-state index contributed by atoms with van der Waals surface area (Å²) < 4.78 is 25.6. The van der Waals surface area contributed by atoms with E-state index in [4.69, 9.17) is 5.11 Å². The molecule has 1 radical (unpaired) electrons. The molecule has 1 fully saturated rings. The van der Waals surface area contributed by atoms with E-state index in [9.17, 15) is 13.6 Å². The maximum absolute atomic E-state index is 12.8. The molecular weight excluding hydrogens is 166 g/mol. The molecule has 0 amide bonds. The quantitative estimate of drug-likeness (QED) is 0.701. The van der Waals surface area contributed by atoms with E-state index < -0.39 is 17.8 Å². The average Bonchev–Trinajstić information content (AvgIpc) is 2.06. The minimum atomic E-state index is -3.57. The number of hydrogen-bond acceptors (Lipinski definition) is 1. The zero-order valence-corrected chi connectivity index (χ0v) is 6.59. The molecule has 1 rings (SSSR count). The van der Waals surface area contributed by atoms with Gasteiger partial charge in [-0.1, -0.05) is 12.8 Å². The first-order valence-electron chi connectivity index (χ1n) is 3.99. The minimum Gasteiger partial charge on any atom is -0.477 e. The largest absolute Gasteiger partial charge is 0.477 e. The number of alkyl halides is 2. The fraction of sp³-hybridized carbons (Fsp3) is 0.750. The molecule has 0 saturated heterocycles. The Morgan fingerprint density at radius 3 is 2.58 bits per heavy atom. The Morgan fingerprint density at radius 1 is 1.50 bits per heavy atom. The Bertz CT molecular complexity index is 174. The molecule has 1 unspecified atom stereocenters. The lowest BCUT2D eigenvalue weighted by molar-refractivity contribution is -0.172. The molecule has 0 aromatic heterocycles. The van der Waals surface area contributed by atoms with Crippen molar-refractivity contribution in [3.63, 3.8) is 0 Å². The van der Waals surface area contributed by atoms with E-state index >= 15 is 0 Å². The van der Waals surface area contributed by atoms with Gasteiger partial charge in [0.05, 0.1) is 0 Å². The molecule has 1 N–H and O–H groups in total. The summed E-state index contributed by atoms with van der Waals surface area (Å²) >= 11 is 0. The van der Waals surface area contributed by atoms with Crippen LogP contribution in [0.4, 0.5) is 8.78 Å². The lowest BCUT2D eigenvalue weighted by Crippen LogP contribution is -2.38. The highest BCUT2D eigenvalue weighted by atomic mass is 19.3. The van der Waals surface area contributed by atoms with Crippen LogP contribution >= 0.6 is 0 Å². The van der Waals surface area contributed by atoms with Gasteiger partial charge in [0.1, 0.15) is 0 Å². The fourth-order valence-corrected chi connectivity index (χ4v) is 1.43. The van der Waals surface area contributed by atoms with E-state index in [-0.39, 0.29) is 0 Å². The molecule has 4 heteroatoms. The van der Waals surface area contributed by atoms with Crippen LogP contribution in [-0.4, -0.2) is 17.0 Å². The van der Waals surface area contributed by atoms with Crippen LogP contribution in [0.15, 0.2) is 0 Å². The molecule has 0 bridgehead atoms. The van der Waals surface area contributed by atoms with Gasteiger partial charge in [0.2, 0.25) is 0 Å². The Morgan fingerprint density at radius 2 is 2.17 bits per heavy atom. The van der Waals surface area contributed by atoms with Gasteiger partial charge < -0.3 is 5.11 Å². The minimum absolute atomic E-state index is 0.291. The molecule has 0 spiro atoms. The van der Waals surface area contributed by atoms with Crippen molar-refractivity contribution >= 4 is 5.97 Å². The van der Waals surface area contributed by atoms with Crippen LogP contribution in [0.5, 0.6) is 0 Å². The lowest BCUT2D eigenvalue weighted by Gasteiger charge is -2.26. The second-order valence-corrected chi connectivity index (χ2v) is 3.05. The first-order chi connectivity index (χ1) is 5.55. The Labute approximate surface area is 69.6 Å². The van der Waals surface area contributed by atoms with Crippen molar-refractivity contribution in [1.29, 1.82) is 0 Å². The highest BCUT2D eigenvalue weighted by Gasteiger charge is 2.47. The zero-order chi connectivity index (χ0) is 9.19. The summed E-state index contributed by atoms with van der Waals surface area (Å²) in [5.74, 6) is -6.64. The summed E-state index contributed by atoms with van der Waals surface area (Å²) in [6.07, 6.45) is 3.92. The number of hydrogen-bond donors (Lipinski definition) is 1. The molecule has 1 aliphatic rings. The monoisotopic (exact) mass is 177 g/mol. The molecule has 0 aromatic rings. The molecule has 0 aromatic carbocycles. The molecule has 1 saturated carbocycles. The first kappa shape index (κ1) is 9.42. The third kappa shape index (κ3) is 1.73. The van der Waals surface area contributed by atoms with Gasteiger partial charge in [-0.3, -0.25) is 0 Å². The number of carboxylic acids is 1. The number of aliphatic carboxylic acids is 1. The van der Waals surface area contributed by atoms with Crippen LogP contribution in [0.3, 0.4) is 0 Å². The van der Waals surface area contributed by atoms with E-state index in [1.54, 1.807) is 0 Å². The third-order valence-electron chi connectivity index (χ3n) is 2.17. The van der Waals surface area contributed by atoms with E-state index in [0.29, 0.717) is 19.3 Å². The van der Waals surface area contributed by atoms with Crippen LogP contribution in [0.2, 0.25) is 0 Å². The van der Waals surface area contributed by atoms with E-state index in [2.05, 4.69) is 0 Å².